The lowest BCUT2D eigenvalue weighted by molar-refractivity contribution is -0.141. The van der Waals surface area contributed by atoms with E-state index in [0.29, 0.717) is 27.0 Å². The predicted octanol–water partition coefficient (Wildman–Crippen LogP) is 5.53. The fourth-order valence-corrected chi connectivity index (χ4v) is 5.98. The summed E-state index contributed by atoms with van der Waals surface area (Å²) in [6.45, 7) is 9.43. The van der Waals surface area contributed by atoms with E-state index in [0.717, 1.165) is 17.8 Å². The zero-order chi connectivity index (χ0) is 32.7. The molecule has 14 heteroatoms. The Morgan fingerprint density at radius 3 is 2.39 bits per heavy atom. The molecule has 0 spiro atoms. The van der Waals surface area contributed by atoms with E-state index in [2.05, 4.69) is 5.32 Å². The van der Waals surface area contributed by atoms with Crippen molar-refractivity contribution >= 4 is 55.3 Å². The molecule has 44 heavy (non-hydrogen) atoms. The van der Waals surface area contributed by atoms with Crippen molar-refractivity contribution in [2.75, 3.05) is 24.0 Å². The quantitative estimate of drug-likeness (QED) is 0.230. The summed E-state index contributed by atoms with van der Waals surface area (Å²) in [6.07, 6.45) is -0.590. The molecule has 1 aromatic heterocycles. The molecule has 2 N–H and O–H groups in total. The normalized spacial score (nSPS) is 11.7. The molecule has 2 amide bonds. The van der Waals surface area contributed by atoms with Gasteiger partial charge in [0.15, 0.2) is 5.82 Å². The van der Waals surface area contributed by atoms with Crippen LogP contribution in [0.5, 0.6) is 5.75 Å². The lowest BCUT2D eigenvalue weighted by atomic mass is 10.1. The van der Waals surface area contributed by atoms with Crippen LogP contribution in [0.25, 0.3) is 10.1 Å². The Hall–Kier alpha value is -3.91. The average molecular weight is 652 g/mol. The number of rotatable bonds is 13. The zero-order valence-corrected chi connectivity index (χ0v) is 27.2. The molecule has 0 aliphatic rings. The molecule has 0 saturated heterocycles. The Kier molecular flexibility index (Phi) is 11.6. The van der Waals surface area contributed by atoms with Crippen LogP contribution >= 0.6 is 11.3 Å². The first-order valence-corrected chi connectivity index (χ1v) is 16.3. The molecule has 3 rings (SSSR count). The summed E-state index contributed by atoms with van der Waals surface area (Å²) in [5.74, 6) is -2.38. The van der Waals surface area contributed by atoms with E-state index in [1.165, 1.54) is 39.8 Å². The molecule has 3 aromatic rings. The monoisotopic (exact) mass is 651 g/mol. The van der Waals surface area contributed by atoms with Crippen LogP contribution < -0.4 is 19.1 Å². The second-order valence-corrected chi connectivity index (χ2v) is 13.9. The number of nitrogens with zero attached hydrogens (tertiary/aromatic N) is 1. The molecule has 2 aromatic carbocycles. The number of carbonyl (C=O) groups is 3. The van der Waals surface area contributed by atoms with Crippen LogP contribution in [-0.4, -0.2) is 51.7 Å². The first-order valence-electron chi connectivity index (χ1n) is 14.0. The number of benzene rings is 2. The van der Waals surface area contributed by atoms with Crippen LogP contribution in [0, 0.1) is 11.7 Å². The van der Waals surface area contributed by atoms with E-state index in [9.17, 15) is 22.8 Å². The highest BCUT2D eigenvalue weighted by Gasteiger charge is 2.35. The molecule has 11 nitrogen and oxygen atoms in total. The van der Waals surface area contributed by atoms with Crippen molar-refractivity contribution in [1.82, 2.24) is 10.0 Å². The number of thiophene rings is 1. The second-order valence-electron chi connectivity index (χ2n) is 11.2. The molecule has 0 radical (unpaired) electrons. The van der Waals surface area contributed by atoms with Crippen molar-refractivity contribution in [1.29, 1.82) is 0 Å². The smallest absolute Gasteiger partial charge is 0.422 e. The maximum Gasteiger partial charge on any atom is 0.422 e. The third-order valence-corrected chi connectivity index (χ3v) is 8.30. The standard InChI is InChI=1S/C30H38FN3O8S2/c1-7-40-25(35)17-34(44(38,39)33-29(37)42-30(4,5)6)27-22(41-18-20-11-9-8-10-12-20)16-23-21(26(27)31)15-24(43-23)28(36)32-14-13-19(2)3/h8-12,15-16,19H,7,13-14,17-18H2,1-6H3,(H,32,36)(H,33,37). The minimum absolute atomic E-state index is 0.0765. The number of nitrogens with one attached hydrogen (secondary N) is 2. The highest BCUT2D eigenvalue weighted by atomic mass is 32.2. The van der Waals surface area contributed by atoms with Gasteiger partial charge in [-0.2, -0.15) is 8.42 Å². The second kappa shape index (κ2) is 14.7. The Morgan fingerprint density at radius 2 is 1.77 bits per heavy atom. The summed E-state index contributed by atoms with van der Waals surface area (Å²) in [5.41, 5.74) is -1.01. The van der Waals surface area contributed by atoms with Gasteiger partial charge in [0.05, 0.1) is 11.5 Å². The molecule has 0 unspecified atom stereocenters. The Bertz CT molecular complexity index is 1580. The van der Waals surface area contributed by atoms with Crippen LogP contribution in [0.15, 0.2) is 42.5 Å². The number of amides is 2. The Balaban J connectivity index is 2.16. The van der Waals surface area contributed by atoms with Gasteiger partial charge in [0.2, 0.25) is 0 Å². The molecule has 0 bridgehead atoms. The average Bonchev–Trinajstić information content (AvgIpc) is 3.35. The summed E-state index contributed by atoms with van der Waals surface area (Å²) >= 11 is 1.000. The molecule has 1 heterocycles. The summed E-state index contributed by atoms with van der Waals surface area (Å²) < 4.78 is 62.1. The number of halogens is 1. The number of fused-ring (bicyclic) bond motifs is 1. The van der Waals surface area contributed by atoms with Gasteiger partial charge in [0.25, 0.3) is 5.91 Å². The Morgan fingerprint density at radius 1 is 1.09 bits per heavy atom. The topological polar surface area (TPSA) is 140 Å². The van der Waals surface area contributed by atoms with Gasteiger partial charge in [0.1, 0.15) is 30.2 Å². The van der Waals surface area contributed by atoms with Gasteiger partial charge in [-0.3, -0.25) is 9.59 Å². The molecule has 0 saturated carbocycles. The van der Waals surface area contributed by atoms with Crippen LogP contribution in [0.3, 0.4) is 0 Å². The lowest BCUT2D eigenvalue weighted by Gasteiger charge is -2.27. The number of hydrogen-bond donors (Lipinski definition) is 2. The van der Waals surface area contributed by atoms with Crippen molar-refractivity contribution in [2.45, 2.75) is 60.2 Å². The van der Waals surface area contributed by atoms with Gasteiger partial charge in [-0.05, 0) is 51.7 Å². The number of anilines is 1. The fourth-order valence-electron chi connectivity index (χ4n) is 3.93. The first-order chi connectivity index (χ1) is 20.6. The minimum atomic E-state index is -4.97. The van der Waals surface area contributed by atoms with Gasteiger partial charge >= 0.3 is 22.3 Å². The Labute approximate surface area is 260 Å². The summed E-state index contributed by atoms with van der Waals surface area (Å²) in [4.78, 5) is 38.2. The molecular formula is C30H38FN3O8S2. The first kappa shape index (κ1) is 34.6. The fraction of sp³-hybridized carbons (Fsp3) is 0.433. The van der Waals surface area contributed by atoms with Crippen LogP contribution in [0.2, 0.25) is 0 Å². The van der Waals surface area contributed by atoms with Crippen LogP contribution in [0.1, 0.15) is 63.2 Å². The zero-order valence-electron chi connectivity index (χ0n) is 25.6. The van der Waals surface area contributed by atoms with Gasteiger partial charge in [-0.15, -0.1) is 11.3 Å². The van der Waals surface area contributed by atoms with Gasteiger partial charge in [-0.25, -0.2) is 18.2 Å². The van der Waals surface area contributed by atoms with Gasteiger partial charge in [-0.1, -0.05) is 44.2 Å². The molecule has 0 atom stereocenters. The number of esters is 1. The lowest BCUT2D eigenvalue weighted by Crippen LogP contribution is -2.48. The summed E-state index contributed by atoms with van der Waals surface area (Å²) in [5, 5.41) is 2.73. The van der Waals surface area contributed by atoms with Crippen molar-refractivity contribution in [3.05, 3.63) is 58.7 Å². The van der Waals surface area contributed by atoms with E-state index in [-0.39, 0.29) is 29.2 Å². The van der Waals surface area contributed by atoms with Crippen LogP contribution in [0.4, 0.5) is 14.9 Å². The maximum absolute atomic E-state index is 16.5. The largest absolute Gasteiger partial charge is 0.487 e. The SMILES string of the molecule is CCOC(=O)CN(c1c(OCc2ccccc2)cc2sc(C(=O)NCCC(C)C)cc2c1F)S(=O)(=O)NC(=O)OC(C)(C)C. The molecule has 0 aliphatic heterocycles. The van der Waals surface area contributed by atoms with Crippen molar-refractivity contribution in [2.24, 2.45) is 5.92 Å². The minimum Gasteiger partial charge on any atom is -0.487 e. The maximum atomic E-state index is 16.5. The van der Waals surface area contributed by atoms with Gasteiger partial charge in [0, 0.05) is 22.7 Å². The van der Waals surface area contributed by atoms with E-state index < -0.39 is 51.8 Å². The highest BCUT2D eigenvalue weighted by molar-refractivity contribution is 7.91. The van der Waals surface area contributed by atoms with Crippen LogP contribution in [-0.2, 0) is 31.1 Å². The van der Waals surface area contributed by atoms with Gasteiger partial charge < -0.3 is 19.5 Å². The third kappa shape index (κ3) is 9.55. The number of ether oxygens (including phenoxy) is 3. The molecule has 0 aliphatic carbocycles. The van der Waals surface area contributed by atoms with Crippen molar-refractivity contribution in [3.8, 4) is 5.75 Å². The van der Waals surface area contributed by atoms with E-state index in [1.54, 1.807) is 35.1 Å². The summed E-state index contributed by atoms with van der Waals surface area (Å²) in [7, 11) is -4.97. The van der Waals surface area contributed by atoms with E-state index >= 15 is 4.39 Å². The summed E-state index contributed by atoms with van der Waals surface area (Å²) in [6, 6.07) is 11.6. The van der Waals surface area contributed by atoms with E-state index in [4.69, 9.17) is 14.2 Å². The molecular weight excluding hydrogens is 613 g/mol. The highest BCUT2D eigenvalue weighted by Crippen LogP contribution is 2.42. The third-order valence-electron chi connectivity index (χ3n) is 5.90. The van der Waals surface area contributed by atoms with Crippen molar-refractivity contribution in [3.63, 3.8) is 0 Å². The van der Waals surface area contributed by atoms with Crippen molar-refractivity contribution < 1.29 is 41.4 Å². The molecule has 0 fully saturated rings. The number of carbonyl (C=O) groups excluding carboxylic acids is 3. The van der Waals surface area contributed by atoms with E-state index in [1.807, 2.05) is 13.8 Å². The number of hydrogen-bond acceptors (Lipinski definition) is 9. The predicted molar refractivity (Wildman–Crippen MR) is 167 cm³/mol. The molecule has 240 valence electrons.